The van der Waals surface area contributed by atoms with Crippen molar-refractivity contribution < 1.29 is 8.42 Å². The summed E-state index contributed by atoms with van der Waals surface area (Å²) in [6, 6.07) is -0.0233. The van der Waals surface area contributed by atoms with Crippen molar-refractivity contribution in [2.24, 2.45) is 5.84 Å². The van der Waals surface area contributed by atoms with Gasteiger partial charge in [-0.25, -0.2) is 19.0 Å². The molecule has 0 saturated carbocycles. The fraction of sp³-hybridized carbons (Fsp3) is 0.444. The summed E-state index contributed by atoms with van der Waals surface area (Å²) in [5, 5.41) is 1.86. The molecule has 3 rings (SSSR count). The lowest BCUT2D eigenvalue weighted by Gasteiger charge is -2.12. The molecule has 1 saturated heterocycles. The zero-order chi connectivity index (χ0) is 13.5. The van der Waals surface area contributed by atoms with Gasteiger partial charge in [0.05, 0.1) is 0 Å². The summed E-state index contributed by atoms with van der Waals surface area (Å²) in [6.45, 7) is 0. The lowest BCUT2D eigenvalue weighted by Crippen LogP contribution is -2.35. The summed E-state index contributed by atoms with van der Waals surface area (Å²) in [5.41, 5.74) is 2.35. The second-order valence-corrected chi connectivity index (χ2v) is 7.80. The maximum absolute atomic E-state index is 12.5. The van der Waals surface area contributed by atoms with E-state index in [1.54, 1.807) is 23.3 Å². The molecule has 1 unspecified atom stereocenters. The average molecular weight is 319 g/mol. The molecule has 19 heavy (non-hydrogen) atoms. The van der Waals surface area contributed by atoms with Crippen molar-refractivity contribution in [1.29, 1.82) is 0 Å². The molecule has 2 aromatic heterocycles. The Bertz CT molecular complexity index is 686. The number of hydrazine groups is 1. The third-order valence-corrected chi connectivity index (χ3v) is 6.32. The van der Waals surface area contributed by atoms with Gasteiger partial charge in [0.15, 0.2) is 10.8 Å². The molecule has 7 nitrogen and oxygen atoms in total. The van der Waals surface area contributed by atoms with Crippen LogP contribution in [0.1, 0.15) is 6.42 Å². The number of aromatic nitrogens is 2. The Morgan fingerprint density at radius 3 is 3.05 bits per heavy atom. The molecule has 0 bridgehead atoms. The van der Waals surface area contributed by atoms with Gasteiger partial charge in [-0.15, -0.1) is 11.3 Å². The maximum Gasteiger partial charge on any atom is 0.260 e. The van der Waals surface area contributed by atoms with E-state index in [1.807, 2.05) is 0 Å². The number of nitrogen functional groups attached to an aromatic ring is 1. The summed E-state index contributed by atoms with van der Waals surface area (Å²) in [7, 11) is -3.64. The van der Waals surface area contributed by atoms with Crippen LogP contribution in [0, 0.1) is 0 Å². The van der Waals surface area contributed by atoms with E-state index in [9.17, 15) is 8.42 Å². The summed E-state index contributed by atoms with van der Waals surface area (Å²) in [4.78, 5) is 4.74. The fourth-order valence-electron chi connectivity index (χ4n) is 2.02. The first-order chi connectivity index (χ1) is 9.12. The molecule has 0 amide bonds. The summed E-state index contributed by atoms with van der Waals surface area (Å²) in [5.74, 6) is 7.32. The van der Waals surface area contributed by atoms with Gasteiger partial charge < -0.3 is 5.43 Å². The van der Waals surface area contributed by atoms with E-state index in [1.165, 1.54) is 15.7 Å². The first-order valence-corrected chi connectivity index (χ1v) is 9.16. The number of thioether (sulfide) groups is 1. The molecule has 3 heterocycles. The van der Waals surface area contributed by atoms with Gasteiger partial charge in [0, 0.05) is 23.4 Å². The van der Waals surface area contributed by atoms with Crippen molar-refractivity contribution in [1.82, 2.24) is 14.1 Å². The van der Waals surface area contributed by atoms with E-state index < -0.39 is 10.0 Å². The van der Waals surface area contributed by atoms with Crippen LogP contribution >= 0.6 is 23.1 Å². The van der Waals surface area contributed by atoms with Crippen molar-refractivity contribution in [3.63, 3.8) is 0 Å². The fourth-order valence-corrected chi connectivity index (χ4v) is 5.57. The van der Waals surface area contributed by atoms with Gasteiger partial charge in [-0.05, 0) is 12.2 Å². The molecule has 1 fully saturated rings. The smallest absolute Gasteiger partial charge is 0.260 e. The Morgan fingerprint density at radius 1 is 1.53 bits per heavy atom. The van der Waals surface area contributed by atoms with Crippen LogP contribution in [0.5, 0.6) is 0 Å². The molecular weight excluding hydrogens is 306 g/mol. The van der Waals surface area contributed by atoms with Gasteiger partial charge >= 0.3 is 0 Å². The molecule has 0 aromatic carbocycles. The second kappa shape index (κ2) is 4.94. The molecule has 1 aliphatic rings. The SMILES string of the molecule is NNc1nc2sccn2c1S(=O)(=O)NC1CCSC1. The number of nitrogens with zero attached hydrogens (tertiary/aromatic N) is 2. The van der Waals surface area contributed by atoms with Crippen molar-refractivity contribution in [3.05, 3.63) is 11.6 Å². The number of imidazole rings is 1. The maximum atomic E-state index is 12.5. The van der Waals surface area contributed by atoms with Gasteiger partial charge in [0.2, 0.25) is 5.03 Å². The van der Waals surface area contributed by atoms with E-state index in [4.69, 9.17) is 5.84 Å². The Morgan fingerprint density at radius 2 is 2.37 bits per heavy atom. The standard InChI is InChI=1S/C9H13N5O2S3/c10-12-7-8(14-2-4-18-9(14)11-7)19(15,16)13-6-1-3-17-5-6/h2,4,6,12-13H,1,3,5,10H2. The van der Waals surface area contributed by atoms with Crippen molar-refractivity contribution >= 4 is 43.9 Å². The minimum absolute atomic E-state index is 0.0233. The van der Waals surface area contributed by atoms with Crippen LogP contribution in [-0.2, 0) is 10.0 Å². The average Bonchev–Trinajstić information content (AvgIpc) is 3.01. The van der Waals surface area contributed by atoms with E-state index in [0.29, 0.717) is 4.96 Å². The summed E-state index contributed by atoms with van der Waals surface area (Å²) in [6.07, 6.45) is 2.52. The Labute approximate surface area is 118 Å². The molecule has 0 radical (unpaired) electrons. The van der Waals surface area contributed by atoms with Crippen LogP contribution in [-0.4, -0.2) is 35.4 Å². The predicted octanol–water partition coefficient (Wildman–Crippen LogP) is 0.465. The third kappa shape index (κ3) is 2.34. The number of hydrogen-bond acceptors (Lipinski definition) is 7. The minimum Gasteiger partial charge on any atom is -0.306 e. The number of hydrogen-bond donors (Lipinski definition) is 3. The van der Waals surface area contributed by atoms with Crippen LogP contribution in [0.15, 0.2) is 16.6 Å². The highest BCUT2D eigenvalue weighted by Crippen LogP contribution is 2.26. The van der Waals surface area contributed by atoms with E-state index in [0.717, 1.165) is 17.9 Å². The molecule has 2 aromatic rings. The highest BCUT2D eigenvalue weighted by Gasteiger charge is 2.29. The van der Waals surface area contributed by atoms with Crippen molar-refractivity contribution in [2.75, 3.05) is 16.9 Å². The Balaban J connectivity index is 2.03. The minimum atomic E-state index is -3.64. The molecule has 1 aliphatic heterocycles. The summed E-state index contributed by atoms with van der Waals surface area (Å²) < 4.78 is 29.2. The molecule has 4 N–H and O–H groups in total. The summed E-state index contributed by atoms with van der Waals surface area (Å²) >= 11 is 3.10. The number of thiazole rings is 1. The van der Waals surface area contributed by atoms with Crippen LogP contribution in [0.3, 0.4) is 0 Å². The highest BCUT2D eigenvalue weighted by atomic mass is 32.2. The quantitative estimate of drug-likeness (QED) is 0.559. The normalized spacial score (nSPS) is 20.2. The molecule has 10 heteroatoms. The number of rotatable bonds is 4. The van der Waals surface area contributed by atoms with Crippen molar-refractivity contribution in [3.8, 4) is 0 Å². The largest absolute Gasteiger partial charge is 0.306 e. The zero-order valence-corrected chi connectivity index (χ0v) is 12.3. The lowest BCUT2D eigenvalue weighted by atomic mass is 10.3. The van der Waals surface area contributed by atoms with Crippen molar-refractivity contribution in [2.45, 2.75) is 17.5 Å². The third-order valence-electron chi connectivity index (χ3n) is 2.86. The molecule has 0 aliphatic carbocycles. The zero-order valence-electron chi connectivity index (χ0n) is 9.87. The monoisotopic (exact) mass is 319 g/mol. The van der Waals surface area contributed by atoms with Gasteiger partial charge in [0.25, 0.3) is 10.0 Å². The van der Waals surface area contributed by atoms with Crippen LogP contribution < -0.4 is 16.0 Å². The second-order valence-electron chi connectivity index (χ2n) is 4.15. The van der Waals surface area contributed by atoms with E-state index in [-0.39, 0.29) is 16.9 Å². The molecule has 1 atom stereocenters. The number of nitrogens with two attached hydrogens (primary N) is 1. The number of sulfonamides is 1. The first kappa shape index (κ1) is 13.2. The number of anilines is 1. The number of nitrogens with one attached hydrogen (secondary N) is 2. The van der Waals surface area contributed by atoms with Gasteiger partial charge in [-0.3, -0.25) is 4.40 Å². The topological polar surface area (TPSA) is 102 Å². The van der Waals surface area contributed by atoms with Crippen LogP contribution in [0.4, 0.5) is 5.82 Å². The Kier molecular flexibility index (Phi) is 3.43. The lowest BCUT2D eigenvalue weighted by molar-refractivity contribution is 0.559. The first-order valence-electron chi connectivity index (χ1n) is 5.64. The van der Waals surface area contributed by atoms with E-state index in [2.05, 4.69) is 15.1 Å². The van der Waals surface area contributed by atoms with Crippen LogP contribution in [0.25, 0.3) is 4.96 Å². The van der Waals surface area contributed by atoms with E-state index >= 15 is 0 Å². The molecule has 104 valence electrons. The number of fused-ring (bicyclic) bond motifs is 1. The molecular formula is C9H13N5O2S3. The van der Waals surface area contributed by atoms with Gasteiger partial charge in [0.1, 0.15) is 0 Å². The Hall–Kier alpha value is -0.810. The van der Waals surface area contributed by atoms with Crippen LogP contribution in [0.2, 0.25) is 0 Å². The van der Waals surface area contributed by atoms with Gasteiger partial charge in [-0.1, -0.05) is 0 Å². The predicted molar refractivity (Wildman–Crippen MR) is 76.9 cm³/mol. The molecule has 0 spiro atoms. The van der Waals surface area contributed by atoms with Gasteiger partial charge in [-0.2, -0.15) is 16.7 Å². The highest BCUT2D eigenvalue weighted by molar-refractivity contribution is 7.99.